The molecule has 0 fully saturated rings. The van der Waals surface area contributed by atoms with Gasteiger partial charge in [-0.1, -0.05) is 33.6 Å². The molecule has 0 bridgehead atoms. The second-order valence-electron chi connectivity index (χ2n) is 3.97. The first-order valence-corrected chi connectivity index (χ1v) is 7.26. The zero-order valence-electron chi connectivity index (χ0n) is 9.43. The average molecular weight is 334 g/mol. The highest BCUT2D eigenvalue weighted by Crippen LogP contribution is 2.40. The smallest absolute Gasteiger partial charge is 0.123 e. The van der Waals surface area contributed by atoms with Gasteiger partial charge >= 0.3 is 0 Å². The Morgan fingerprint density at radius 3 is 2.53 bits per heavy atom. The molecule has 4 heteroatoms. The minimum absolute atomic E-state index is 0.00519. The van der Waals surface area contributed by atoms with Crippen molar-refractivity contribution in [1.29, 1.82) is 0 Å². The number of hydrogen-bond donors (Lipinski definition) is 0. The molecule has 17 heavy (non-hydrogen) atoms. The lowest BCUT2D eigenvalue weighted by Crippen LogP contribution is -1.94. The van der Waals surface area contributed by atoms with Crippen LogP contribution in [0.4, 0.5) is 4.39 Å². The fourth-order valence-electron chi connectivity index (χ4n) is 1.65. The van der Waals surface area contributed by atoms with Gasteiger partial charge < -0.3 is 0 Å². The topological polar surface area (TPSA) is 0 Å². The minimum atomic E-state index is -0.213. The van der Waals surface area contributed by atoms with Crippen LogP contribution in [0.5, 0.6) is 0 Å². The van der Waals surface area contributed by atoms with Gasteiger partial charge in [-0.05, 0) is 48.7 Å². The highest BCUT2D eigenvalue weighted by Gasteiger charge is 2.16. The molecule has 1 aromatic heterocycles. The lowest BCUT2D eigenvalue weighted by Gasteiger charge is -2.11. The van der Waals surface area contributed by atoms with Crippen molar-refractivity contribution < 1.29 is 4.39 Å². The highest BCUT2D eigenvalue weighted by atomic mass is 79.9. The summed E-state index contributed by atoms with van der Waals surface area (Å²) in [4.78, 5) is 1.09. The summed E-state index contributed by atoms with van der Waals surface area (Å²) in [6, 6.07) is 6.88. The van der Waals surface area contributed by atoms with Gasteiger partial charge in [-0.25, -0.2) is 4.39 Å². The molecule has 2 aromatic rings. The summed E-state index contributed by atoms with van der Waals surface area (Å²) in [5, 5.41) is 0. The molecule has 0 aliphatic carbocycles. The van der Waals surface area contributed by atoms with Crippen molar-refractivity contribution in [2.75, 3.05) is 0 Å². The van der Waals surface area contributed by atoms with E-state index in [-0.39, 0.29) is 10.6 Å². The predicted molar refractivity (Wildman–Crippen MR) is 76.0 cm³/mol. The van der Waals surface area contributed by atoms with Crippen LogP contribution in [0.25, 0.3) is 0 Å². The highest BCUT2D eigenvalue weighted by molar-refractivity contribution is 9.09. The van der Waals surface area contributed by atoms with Crippen LogP contribution < -0.4 is 0 Å². The Hall–Kier alpha value is -0.380. The van der Waals surface area contributed by atoms with Crippen LogP contribution in [0.3, 0.4) is 0 Å². The fourth-order valence-corrected chi connectivity index (χ4v) is 3.77. The Morgan fingerprint density at radius 1 is 1.24 bits per heavy atom. The molecule has 1 atom stereocenters. The summed E-state index contributed by atoms with van der Waals surface area (Å²) >= 11 is 11.2. The largest absolute Gasteiger partial charge is 0.207 e. The van der Waals surface area contributed by atoms with Gasteiger partial charge in [-0.3, -0.25) is 0 Å². The third-order valence-electron chi connectivity index (χ3n) is 2.64. The zero-order valence-corrected chi connectivity index (χ0v) is 12.6. The maximum absolute atomic E-state index is 13.3. The number of alkyl halides is 1. The molecule has 0 radical (unpaired) electrons. The van der Waals surface area contributed by atoms with Crippen molar-refractivity contribution in [3.63, 3.8) is 0 Å². The van der Waals surface area contributed by atoms with Crippen molar-refractivity contribution in [3.8, 4) is 0 Å². The summed E-state index contributed by atoms with van der Waals surface area (Å²) in [5.41, 5.74) is 3.07. The number of aryl methyl sites for hydroxylation is 2. The molecule has 0 aliphatic rings. The number of hydrogen-bond acceptors (Lipinski definition) is 1. The van der Waals surface area contributed by atoms with E-state index in [1.807, 2.05) is 19.9 Å². The van der Waals surface area contributed by atoms with E-state index in [2.05, 4.69) is 15.9 Å². The molecule has 1 heterocycles. The number of halogens is 3. The Morgan fingerprint density at radius 2 is 1.94 bits per heavy atom. The van der Waals surface area contributed by atoms with E-state index < -0.39 is 0 Å². The van der Waals surface area contributed by atoms with Gasteiger partial charge in [0.05, 0.1) is 9.16 Å². The Labute approximate surface area is 118 Å². The van der Waals surface area contributed by atoms with Crippen molar-refractivity contribution in [2.45, 2.75) is 18.7 Å². The molecule has 0 N–H and O–H groups in total. The van der Waals surface area contributed by atoms with Crippen LogP contribution in [-0.2, 0) is 0 Å². The molecule has 0 saturated carbocycles. The van der Waals surface area contributed by atoms with Crippen molar-refractivity contribution in [1.82, 2.24) is 0 Å². The molecule has 90 valence electrons. The summed E-state index contributed by atoms with van der Waals surface area (Å²) in [5.74, 6) is -0.213. The maximum atomic E-state index is 13.3. The Kier molecular flexibility index (Phi) is 3.91. The average Bonchev–Trinajstić information content (AvgIpc) is 2.62. The van der Waals surface area contributed by atoms with Crippen LogP contribution in [0.1, 0.15) is 26.4 Å². The first-order chi connectivity index (χ1) is 7.99. The third-order valence-corrected chi connectivity index (χ3v) is 5.55. The van der Waals surface area contributed by atoms with Crippen molar-refractivity contribution >= 4 is 38.9 Å². The molecule has 0 spiro atoms. The zero-order chi connectivity index (χ0) is 12.6. The molecule has 2 rings (SSSR count). The number of thiophene rings is 1. The van der Waals surface area contributed by atoms with Gasteiger partial charge in [-0.15, -0.1) is 11.3 Å². The van der Waals surface area contributed by atoms with E-state index in [0.29, 0.717) is 0 Å². The van der Waals surface area contributed by atoms with E-state index in [1.165, 1.54) is 17.4 Å². The lowest BCUT2D eigenvalue weighted by molar-refractivity contribution is 0.625. The lowest BCUT2D eigenvalue weighted by atomic mass is 10.0. The quantitative estimate of drug-likeness (QED) is 0.624. The Bertz CT molecular complexity index is 531. The first kappa shape index (κ1) is 13.1. The standard InChI is InChI=1S/C13H11BrClFS/c1-7-3-4-9(16)6-10(7)12(14)11-5-8(2)13(15)17-11/h3-6,12H,1-2H3. The second-order valence-corrected chi connectivity index (χ2v) is 6.57. The molecule has 1 unspecified atom stereocenters. The van der Waals surface area contributed by atoms with Gasteiger partial charge in [0.1, 0.15) is 5.82 Å². The molecule has 1 aromatic carbocycles. The van der Waals surface area contributed by atoms with Crippen molar-refractivity contribution in [3.05, 3.63) is 56.0 Å². The molecule has 0 nitrogen and oxygen atoms in total. The van der Waals surface area contributed by atoms with E-state index >= 15 is 0 Å². The number of rotatable bonds is 2. The van der Waals surface area contributed by atoms with Gasteiger partial charge in [-0.2, -0.15) is 0 Å². The maximum Gasteiger partial charge on any atom is 0.123 e. The van der Waals surface area contributed by atoms with E-state index in [0.717, 1.165) is 25.9 Å². The summed E-state index contributed by atoms with van der Waals surface area (Å²) in [6.45, 7) is 3.95. The van der Waals surface area contributed by atoms with Gasteiger partial charge in [0.2, 0.25) is 0 Å². The molecular formula is C13H11BrClFS. The van der Waals surface area contributed by atoms with Crippen LogP contribution in [0.2, 0.25) is 4.34 Å². The third kappa shape index (κ3) is 2.72. The molecular weight excluding hydrogens is 323 g/mol. The monoisotopic (exact) mass is 332 g/mol. The van der Waals surface area contributed by atoms with Gasteiger partial charge in [0.15, 0.2) is 0 Å². The van der Waals surface area contributed by atoms with Crippen LogP contribution in [0.15, 0.2) is 24.3 Å². The van der Waals surface area contributed by atoms with Crippen LogP contribution >= 0.6 is 38.9 Å². The molecule has 0 aliphatic heterocycles. The first-order valence-electron chi connectivity index (χ1n) is 5.15. The minimum Gasteiger partial charge on any atom is -0.207 e. The van der Waals surface area contributed by atoms with Crippen molar-refractivity contribution in [2.24, 2.45) is 0 Å². The second kappa shape index (κ2) is 5.09. The normalized spacial score (nSPS) is 12.8. The number of benzene rings is 1. The fraction of sp³-hybridized carbons (Fsp3) is 0.231. The van der Waals surface area contributed by atoms with Gasteiger partial charge in [0, 0.05) is 4.88 Å². The summed E-state index contributed by atoms with van der Waals surface area (Å²) < 4.78 is 14.1. The van der Waals surface area contributed by atoms with E-state index in [9.17, 15) is 4.39 Å². The molecule has 0 amide bonds. The van der Waals surface area contributed by atoms with E-state index in [1.54, 1.807) is 12.1 Å². The van der Waals surface area contributed by atoms with Crippen LogP contribution in [0, 0.1) is 19.7 Å². The van der Waals surface area contributed by atoms with Crippen LogP contribution in [-0.4, -0.2) is 0 Å². The molecule has 0 saturated heterocycles. The summed E-state index contributed by atoms with van der Waals surface area (Å²) in [7, 11) is 0. The van der Waals surface area contributed by atoms with Gasteiger partial charge in [0.25, 0.3) is 0 Å². The Balaban J connectivity index is 2.42. The summed E-state index contributed by atoms with van der Waals surface area (Å²) in [6.07, 6.45) is 0. The predicted octanol–water partition coefficient (Wildman–Crippen LogP) is 5.64. The van der Waals surface area contributed by atoms with E-state index in [4.69, 9.17) is 11.6 Å². The SMILES string of the molecule is Cc1ccc(F)cc1C(Br)c1cc(C)c(Cl)s1.